The predicted octanol–water partition coefficient (Wildman–Crippen LogP) is 1.49. The van der Waals surface area contributed by atoms with Gasteiger partial charge in [-0.1, -0.05) is 11.6 Å². The molecule has 0 fully saturated rings. The second-order valence-corrected chi connectivity index (χ2v) is 3.14. The van der Waals surface area contributed by atoms with Crippen molar-refractivity contribution in [3.63, 3.8) is 0 Å². The van der Waals surface area contributed by atoms with Crippen LogP contribution in [0.15, 0.2) is 12.1 Å². The summed E-state index contributed by atoms with van der Waals surface area (Å²) in [6.45, 7) is 0.332. The molecule has 0 atom stereocenters. The number of hydrogen-bond acceptors (Lipinski definition) is 4. The van der Waals surface area contributed by atoms with Crippen LogP contribution in [0.2, 0.25) is 5.02 Å². The van der Waals surface area contributed by atoms with Crippen LogP contribution in [0.1, 0.15) is 5.56 Å². The predicted molar refractivity (Wildman–Crippen MR) is 53.5 cm³/mol. The first-order valence-electron chi connectivity index (χ1n) is 4.06. The van der Waals surface area contributed by atoms with Crippen molar-refractivity contribution in [3.05, 3.63) is 22.7 Å². The minimum atomic E-state index is 0.118. The Labute approximate surface area is 87.1 Å². The molecule has 1 rings (SSSR count). The summed E-state index contributed by atoms with van der Waals surface area (Å²) in [7, 11) is 1.52. The van der Waals surface area contributed by atoms with Gasteiger partial charge in [0.1, 0.15) is 11.5 Å². The molecule has 1 aromatic carbocycles. The van der Waals surface area contributed by atoms with Gasteiger partial charge in [0.15, 0.2) is 0 Å². The molecule has 0 bridgehead atoms. The minimum absolute atomic E-state index is 0.118. The van der Waals surface area contributed by atoms with Gasteiger partial charge < -0.3 is 14.7 Å². The van der Waals surface area contributed by atoms with Crippen molar-refractivity contribution >= 4 is 11.6 Å². The van der Waals surface area contributed by atoms with Crippen LogP contribution in [0.3, 0.4) is 0 Å². The number of benzene rings is 1. The maximum atomic E-state index is 9.50. The lowest BCUT2D eigenvalue weighted by molar-refractivity contribution is 0.140. The van der Waals surface area contributed by atoms with E-state index in [9.17, 15) is 5.11 Å². The second kappa shape index (κ2) is 5.05. The van der Waals surface area contributed by atoms with Crippen LogP contribution in [-0.2, 0) is 11.3 Å². The third-order valence-corrected chi connectivity index (χ3v) is 2.14. The molecule has 0 aromatic heterocycles. The van der Waals surface area contributed by atoms with Crippen LogP contribution in [0.4, 0.5) is 0 Å². The van der Waals surface area contributed by atoms with E-state index in [-0.39, 0.29) is 5.75 Å². The van der Waals surface area contributed by atoms with Crippen LogP contribution < -0.4 is 10.6 Å². The largest absolute Gasteiger partial charge is 0.508 e. The number of halogens is 1. The number of methoxy groups -OCH3 is 1. The summed E-state index contributed by atoms with van der Waals surface area (Å²) in [5.74, 6) is 5.53. The zero-order valence-corrected chi connectivity index (χ0v) is 8.54. The zero-order chi connectivity index (χ0) is 10.6. The van der Waals surface area contributed by atoms with Crippen LogP contribution in [0, 0.1) is 0 Å². The van der Waals surface area contributed by atoms with E-state index in [4.69, 9.17) is 22.2 Å². The van der Waals surface area contributed by atoms with Crippen molar-refractivity contribution in [3.8, 4) is 11.5 Å². The van der Waals surface area contributed by atoms with E-state index < -0.39 is 0 Å². The quantitative estimate of drug-likeness (QED) is 0.750. The van der Waals surface area contributed by atoms with Crippen molar-refractivity contribution in [1.82, 2.24) is 0 Å². The molecule has 78 valence electrons. The molecule has 0 aliphatic carbocycles. The monoisotopic (exact) mass is 217 g/mol. The highest BCUT2D eigenvalue weighted by atomic mass is 35.5. The fourth-order valence-electron chi connectivity index (χ4n) is 1.11. The van der Waals surface area contributed by atoms with Crippen molar-refractivity contribution in [1.29, 1.82) is 0 Å². The van der Waals surface area contributed by atoms with E-state index >= 15 is 0 Å². The molecule has 0 spiro atoms. The number of nitrogens with two attached hydrogens (primary N) is 1. The lowest BCUT2D eigenvalue weighted by Gasteiger charge is -2.08. The topological polar surface area (TPSA) is 64.7 Å². The number of rotatable bonds is 4. The Morgan fingerprint density at radius 2 is 2.21 bits per heavy atom. The Kier molecular flexibility index (Phi) is 4.00. The Bertz CT molecular complexity index is 317. The fraction of sp³-hybridized carbons (Fsp3) is 0.333. The molecule has 0 aliphatic heterocycles. The molecule has 4 nitrogen and oxygen atoms in total. The van der Waals surface area contributed by atoms with Gasteiger partial charge in [-0.2, -0.15) is 0 Å². The van der Waals surface area contributed by atoms with E-state index in [1.165, 1.54) is 13.2 Å². The van der Waals surface area contributed by atoms with E-state index in [0.717, 1.165) is 0 Å². The maximum absolute atomic E-state index is 9.50. The Morgan fingerprint density at radius 1 is 1.50 bits per heavy atom. The summed E-state index contributed by atoms with van der Waals surface area (Å²) in [6.07, 6.45) is 0.510. The van der Waals surface area contributed by atoms with Gasteiger partial charge in [-0.05, 0) is 11.6 Å². The van der Waals surface area contributed by atoms with Crippen molar-refractivity contribution in [2.24, 2.45) is 5.90 Å². The molecular weight excluding hydrogens is 206 g/mol. The van der Waals surface area contributed by atoms with E-state index in [1.807, 2.05) is 0 Å². The van der Waals surface area contributed by atoms with E-state index in [1.54, 1.807) is 6.07 Å². The molecular formula is C9H12ClNO3. The van der Waals surface area contributed by atoms with Gasteiger partial charge in [-0.15, -0.1) is 0 Å². The highest BCUT2D eigenvalue weighted by Crippen LogP contribution is 2.31. The van der Waals surface area contributed by atoms with Crippen LogP contribution in [0.25, 0.3) is 0 Å². The first-order chi connectivity index (χ1) is 6.69. The first kappa shape index (κ1) is 11.1. The molecule has 0 saturated heterocycles. The molecule has 14 heavy (non-hydrogen) atoms. The van der Waals surface area contributed by atoms with Gasteiger partial charge in [0.25, 0.3) is 0 Å². The first-order valence-corrected chi connectivity index (χ1v) is 4.44. The van der Waals surface area contributed by atoms with Crippen LogP contribution in [-0.4, -0.2) is 18.8 Å². The number of phenols is 1. The Morgan fingerprint density at radius 3 is 2.79 bits per heavy atom. The molecule has 0 radical (unpaired) electrons. The number of hydrogen-bond donors (Lipinski definition) is 2. The van der Waals surface area contributed by atoms with Gasteiger partial charge in [0.2, 0.25) is 0 Å². The van der Waals surface area contributed by atoms with Gasteiger partial charge in [0.05, 0.1) is 18.7 Å². The molecule has 0 aliphatic rings. The summed E-state index contributed by atoms with van der Waals surface area (Å²) >= 11 is 5.79. The standard InChI is InChI=1S/C9H12ClNO3/c1-13-9-4-6(2-3-14-11)8(12)5-7(9)10/h4-5,12H,2-3,11H2,1H3. The average Bonchev–Trinajstić information content (AvgIpc) is 2.17. The third kappa shape index (κ3) is 2.51. The average molecular weight is 218 g/mol. The molecule has 3 N–H and O–H groups in total. The van der Waals surface area contributed by atoms with Crippen molar-refractivity contribution in [2.45, 2.75) is 6.42 Å². The lowest BCUT2D eigenvalue weighted by Crippen LogP contribution is -2.04. The van der Waals surface area contributed by atoms with E-state index in [2.05, 4.69) is 4.84 Å². The summed E-state index contributed by atoms with van der Waals surface area (Å²) < 4.78 is 5.01. The molecule has 0 heterocycles. The molecule has 1 aromatic rings. The number of phenolic OH excluding ortho intramolecular Hbond substituents is 1. The van der Waals surface area contributed by atoms with Gasteiger partial charge in [-0.3, -0.25) is 0 Å². The SMILES string of the molecule is COc1cc(CCON)c(O)cc1Cl. The lowest BCUT2D eigenvalue weighted by atomic mass is 10.1. The van der Waals surface area contributed by atoms with Gasteiger partial charge in [-0.25, -0.2) is 5.90 Å². The minimum Gasteiger partial charge on any atom is -0.508 e. The molecule has 5 heteroatoms. The second-order valence-electron chi connectivity index (χ2n) is 2.74. The highest BCUT2D eigenvalue weighted by Gasteiger charge is 2.07. The van der Waals surface area contributed by atoms with Gasteiger partial charge in [0, 0.05) is 12.5 Å². The highest BCUT2D eigenvalue weighted by molar-refractivity contribution is 6.32. The van der Waals surface area contributed by atoms with Crippen molar-refractivity contribution < 1.29 is 14.7 Å². The third-order valence-electron chi connectivity index (χ3n) is 1.84. The Balaban J connectivity index is 2.92. The van der Waals surface area contributed by atoms with Crippen molar-refractivity contribution in [2.75, 3.05) is 13.7 Å². The smallest absolute Gasteiger partial charge is 0.137 e. The summed E-state index contributed by atoms with van der Waals surface area (Å²) in [4.78, 5) is 4.42. The zero-order valence-electron chi connectivity index (χ0n) is 7.79. The van der Waals surface area contributed by atoms with Crippen LogP contribution in [0.5, 0.6) is 11.5 Å². The van der Waals surface area contributed by atoms with E-state index in [0.29, 0.717) is 29.4 Å². The normalized spacial score (nSPS) is 10.2. The van der Waals surface area contributed by atoms with Crippen LogP contribution >= 0.6 is 11.6 Å². The number of ether oxygens (including phenoxy) is 1. The fourth-order valence-corrected chi connectivity index (χ4v) is 1.35. The molecule has 0 saturated carbocycles. The molecule has 0 unspecified atom stereocenters. The summed E-state index contributed by atoms with van der Waals surface area (Å²) in [5, 5.41) is 9.88. The molecule has 0 amide bonds. The van der Waals surface area contributed by atoms with Gasteiger partial charge >= 0.3 is 0 Å². The number of aromatic hydroxyl groups is 1. The maximum Gasteiger partial charge on any atom is 0.137 e. The summed E-state index contributed by atoms with van der Waals surface area (Å²) in [6, 6.07) is 3.10. The Hall–Kier alpha value is -0.970. The summed E-state index contributed by atoms with van der Waals surface area (Å²) in [5.41, 5.74) is 0.691.